The lowest BCUT2D eigenvalue weighted by Gasteiger charge is -2.48. The molecule has 0 saturated heterocycles. The molecule has 2 aliphatic carbocycles. The molecule has 0 aromatic heterocycles. The molecule has 2 heteroatoms. The van der Waals surface area contributed by atoms with E-state index in [1.165, 1.54) is 11.1 Å². The molecule has 1 saturated carbocycles. The summed E-state index contributed by atoms with van der Waals surface area (Å²) in [5.74, 6) is 1.06. The minimum absolute atomic E-state index is 0.0236. The zero-order valence-corrected chi connectivity index (χ0v) is 14.7. The lowest BCUT2D eigenvalue weighted by Crippen LogP contribution is -2.44. The van der Waals surface area contributed by atoms with E-state index in [9.17, 15) is 9.90 Å². The summed E-state index contributed by atoms with van der Waals surface area (Å²) in [5, 5.41) is 9.86. The summed E-state index contributed by atoms with van der Waals surface area (Å²) in [5.41, 5.74) is 4.67. The molecule has 0 aliphatic heterocycles. The monoisotopic (exact) mass is 332 g/mol. The van der Waals surface area contributed by atoms with Crippen molar-refractivity contribution in [2.24, 2.45) is 5.92 Å². The Balaban J connectivity index is 1.79. The minimum Gasteiger partial charge on any atom is -0.508 e. The Hall–Kier alpha value is -2.35. The van der Waals surface area contributed by atoms with Crippen LogP contribution in [0.15, 0.2) is 54.1 Å². The number of allylic oxidation sites excluding steroid dienone is 1. The van der Waals surface area contributed by atoms with Crippen LogP contribution in [0.3, 0.4) is 0 Å². The van der Waals surface area contributed by atoms with Crippen LogP contribution in [0.1, 0.15) is 49.3 Å². The van der Waals surface area contributed by atoms with Gasteiger partial charge in [-0.3, -0.25) is 4.79 Å². The molecule has 2 aromatic rings. The van der Waals surface area contributed by atoms with E-state index in [1.807, 2.05) is 24.3 Å². The van der Waals surface area contributed by atoms with Gasteiger partial charge in [0.05, 0.1) is 0 Å². The van der Waals surface area contributed by atoms with Crippen LogP contribution >= 0.6 is 0 Å². The first-order chi connectivity index (χ1) is 12.1. The lowest BCUT2D eigenvalue weighted by molar-refractivity contribution is -0.119. The molecule has 0 radical (unpaired) electrons. The SMILES string of the molecule is CCC12C/C(=C/c3ccccc3)C(=O)C[C@H]1CCc1cc(O)ccc12. The van der Waals surface area contributed by atoms with Crippen molar-refractivity contribution in [1.29, 1.82) is 0 Å². The number of aromatic hydroxyl groups is 1. The molecule has 0 spiro atoms. The molecular formula is C23H24O2. The highest BCUT2D eigenvalue weighted by Gasteiger charge is 2.47. The Bertz CT molecular complexity index is 834. The Morgan fingerprint density at radius 3 is 2.76 bits per heavy atom. The van der Waals surface area contributed by atoms with E-state index in [0.29, 0.717) is 23.9 Å². The third-order valence-electron chi connectivity index (χ3n) is 6.24. The van der Waals surface area contributed by atoms with E-state index >= 15 is 0 Å². The largest absolute Gasteiger partial charge is 0.508 e. The second-order valence-corrected chi connectivity index (χ2v) is 7.47. The summed E-state index contributed by atoms with van der Waals surface area (Å²) in [6, 6.07) is 15.9. The second-order valence-electron chi connectivity index (χ2n) is 7.47. The van der Waals surface area contributed by atoms with Crippen molar-refractivity contribution >= 4 is 11.9 Å². The second kappa shape index (κ2) is 6.18. The van der Waals surface area contributed by atoms with Gasteiger partial charge in [0, 0.05) is 11.8 Å². The van der Waals surface area contributed by atoms with Gasteiger partial charge in [-0.05, 0) is 72.1 Å². The number of phenols is 1. The van der Waals surface area contributed by atoms with Gasteiger partial charge in [-0.25, -0.2) is 0 Å². The number of fused-ring (bicyclic) bond motifs is 3. The zero-order valence-electron chi connectivity index (χ0n) is 14.7. The summed E-state index contributed by atoms with van der Waals surface area (Å²) in [4.78, 5) is 12.8. The number of benzene rings is 2. The van der Waals surface area contributed by atoms with Gasteiger partial charge in [-0.2, -0.15) is 0 Å². The summed E-state index contributed by atoms with van der Waals surface area (Å²) in [6.07, 6.45) is 6.54. The van der Waals surface area contributed by atoms with Crippen LogP contribution in [-0.2, 0) is 16.6 Å². The van der Waals surface area contributed by atoms with Crippen molar-refractivity contribution in [3.63, 3.8) is 0 Å². The van der Waals surface area contributed by atoms with E-state index in [0.717, 1.165) is 36.8 Å². The number of Topliss-reactive ketones (excluding diaryl/α,β-unsaturated/α-hetero) is 1. The lowest BCUT2D eigenvalue weighted by atomic mass is 9.55. The normalized spacial score (nSPS) is 27.0. The fourth-order valence-electron chi connectivity index (χ4n) is 4.92. The van der Waals surface area contributed by atoms with Gasteiger partial charge < -0.3 is 5.11 Å². The first kappa shape index (κ1) is 16.1. The number of carbonyl (C=O) groups excluding carboxylic acids is 1. The van der Waals surface area contributed by atoms with E-state index in [2.05, 4.69) is 31.2 Å². The molecule has 1 fully saturated rings. The number of hydrogen-bond donors (Lipinski definition) is 1. The molecule has 25 heavy (non-hydrogen) atoms. The Kier molecular flexibility index (Phi) is 3.99. The minimum atomic E-state index is 0.0236. The number of carbonyl (C=O) groups is 1. The molecule has 2 nitrogen and oxygen atoms in total. The van der Waals surface area contributed by atoms with E-state index in [1.54, 1.807) is 6.07 Å². The van der Waals surface area contributed by atoms with Gasteiger partial charge in [-0.15, -0.1) is 0 Å². The third kappa shape index (κ3) is 2.70. The predicted molar refractivity (Wildman–Crippen MR) is 101 cm³/mol. The van der Waals surface area contributed by atoms with Crippen LogP contribution in [0.5, 0.6) is 5.75 Å². The maximum atomic E-state index is 12.8. The number of aryl methyl sites for hydroxylation is 1. The third-order valence-corrected chi connectivity index (χ3v) is 6.24. The molecule has 0 heterocycles. The van der Waals surface area contributed by atoms with Crippen molar-refractivity contribution < 1.29 is 9.90 Å². The van der Waals surface area contributed by atoms with E-state index < -0.39 is 0 Å². The van der Waals surface area contributed by atoms with Crippen molar-refractivity contribution in [3.05, 3.63) is 70.8 Å². The molecule has 2 aliphatic rings. The maximum absolute atomic E-state index is 12.8. The molecule has 2 aromatic carbocycles. The van der Waals surface area contributed by atoms with Crippen molar-refractivity contribution in [2.45, 2.75) is 44.4 Å². The summed E-state index contributed by atoms with van der Waals surface area (Å²) in [7, 11) is 0. The van der Waals surface area contributed by atoms with Gasteiger partial charge >= 0.3 is 0 Å². The fraction of sp³-hybridized carbons (Fsp3) is 0.348. The Morgan fingerprint density at radius 1 is 1.20 bits per heavy atom. The van der Waals surface area contributed by atoms with Crippen LogP contribution in [0.25, 0.3) is 6.08 Å². The van der Waals surface area contributed by atoms with Crippen LogP contribution in [0, 0.1) is 5.92 Å². The highest BCUT2D eigenvalue weighted by atomic mass is 16.3. The molecule has 128 valence electrons. The first-order valence-electron chi connectivity index (χ1n) is 9.23. The Morgan fingerprint density at radius 2 is 2.00 bits per heavy atom. The van der Waals surface area contributed by atoms with E-state index in [-0.39, 0.29) is 5.41 Å². The van der Waals surface area contributed by atoms with Gasteiger partial charge in [0.25, 0.3) is 0 Å². The van der Waals surface area contributed by atoms with Gasteiger partial charge in [0.1, 0.15) is 5.75 Å². The van der Waals surface area contributed by atoms with Gasteiger partial charge in [-0.1, -0.05) is 43.3 Å². The van der Waals surface area contributed by atoms with Crippen LogP contribution in [0.4, 0.5) is 0 Å². The van der Waals surface area contributed by atoms with Crippen LogP contribution in [0.2, 0.25) is 0 Å². The predicted octanol–water partition coefficient (Wildman–Crippen LogP) is 5.05. The standard InChI is InChI=1S/C23H24O2/c1-2-23-15-18(12-16-6-4-3-5-7-16)22(25)14-19(23)9-8-17-13-20(24)10-11-21(17)23/h3-7,10-13,19,24H,2,8-9,14-15H2,1H3/b18-12-/t19-,23?/m1/s1. The smallest absolute Gasteiger partial charge is 0.159 e. The summed E-state index contributed by atoms with van der Waals surface area (Å²) < 4.78 is 0. The van der Waals surface area contributed by atoms with Crippen molar-refractivity contribution in [1.82, 2.24) is 0 Å². The molecule has 4 rings (SSSR count). The molecule has 2 atom stereocenters. The molecule has 1 unspecified atom stereocenters. The number of ketones is 1. The quantitative estimate of drug-likeness (QED) is 0.782. The van der Waals surface area contributed by atoms with Gasteiger partial charge in [0.2, 0.25) is 0 Å². The van der Waals surface area contributed by atoms with Crippen molar-refractivity contribution in [2.75, 3.05) is 0 Å². The topological polar surface area (TPSA) is 37.3 Å². The summed E-state index contributed by atoms with van der Waals surface area (Å²) >= 11 is 0. The average Bonchev–Trinajstić information content (AvgIpc) is 2.63. The Labute approximate surface area is 149 Å². The number of hydrogen-bond acceptors (Lipinski definition) is 2. The first-order valence-corrected chi connectivity index (χ1v) is 9.23. The highest BCUT2D eigenvalue weighted by molar-refractivity contribution is 6.01. The van der Waals surface area contributed by atoms with Crippen LogP contribution in [-0.4, -0.2) is 10.9 Å². The van der Waals surface area contributed by atoms with Crippen LogP contribution < -0.4 is 0 Å². The molecule has 1 N–H and O–H groups in total. The number of rotatable bonds is 2. The molecule has 0 amide bonds. The van der Waals surface area contributed by atoms with E-state index in [4.69, 9.17) is 0 Å². The number of phenolic OH excluding ortho intramolecular Hbond substituents is 1. The molecule has 0 bridgehead atoms. The van der Waals surface area contributed by atoms with Crippen molar-refractivity contribution in [3.8, 4) is 5.75 Å². The maximum Gasteiger partial charge on any atom is 0.159 e. The average molecular weight is 332 g/mol. The fourth-order valence-corrected chi connectivity index (χ4v) is 4.92. The highest BCUT2D eigenvalue weighted by Crippen LogP contribution is 2.53. The summed E-state index contributed by atoms with van der Waals surface area (Å²) in [6.45, 7) is 2.24. The molecular weight excluding hydrogens is 308 g/mol. The zero-order chi connectivity index (χ0) is 17.4. The van der Waals surface area contributed by atoms with Gasteiger partial charge in [0.15, 0.2) is 5.78 Å².